The lowest BCUT2D eigenvalue weighted by atomic mass is 10.1. The lowest BCUT2D eigenvalue weighted by molar-refractivity contribution is 0.102. The van der Waals surface area contributed by atoms with Crippen LogP contribution in [0.3, 0.4) is 0 Å². The van der Waals surface area contributed by atoms with Crippen molar-refractivity contribution in [1.29, 1.82) is 0 Å². The Balaban J connectivity index is 1.78. The second-order valence-electron chi connectivity index (χ2n) is 6.98. The SMILES string of the molecule is COc1ccc(NC(=O)c2cc(-c3ccco3)nc3c2cnn3C(C)C)cc1OC. The number of fused-ring (bicyclic) bond motifs is 1. The Hall–Kier alpha value is -3.81. The van der Waals surface area contributed by atoms with Crippen LogP contribution in [0.2, 0.25) is 0 Å². The first-order valence-electron chi connectivity index (χ1n) is 9.47. The lowest BCUT2D eigenvalue weighted by Crippen LogP contribution is -2.13. The third-order valence-electron chi connectivity index (χ3n) is 4.72. The number of hydrogen-bond donors (Lipinski definition) is 1. The van der Waals surface area contributed by atoms with Gasteiger partial charge in [0.05, 0.1) is 37.6 Å². The van der Waals surface area contributed by atoms with Crippen LogP contribution >= 0.6 is 0 Å². The highest BCUT2D eigenvalue weighted by molar-refractivity contribution is 6.12. The first kappa shape index (κ1) is 19.5. The second kappa shape index (κ2) is 7.90. The van der Waals surface area contributed by atoms with Crippen LogP contribution in [0.15, 0.2) is 53.3 Å². The van der Waals surface area contributed by atoms with E-state index in [-0.39, 0.29) is 11.9 Å². The molecule has 0 atom stereocenters. The zero-order valence-corrected chi connectivity index (χ0v) is 17.2. The van der Waals surface area contributed by atoms with Gasteiger partial charge in [0.2, 0.25) is 0 Å². The Kier molecular flexibility index (Phi) is 5.14. The number of aromatic nitrogens is 3. The van der Waals surface area contributed by atoms with Crippen LogP contribution in [0.4, 0.5) is 5.69 Å². The highest BCUT2D eigenvalue weighted by Crippen LogP contribution is 2.31. The van der Waals surface area contributed by atoms with Gasteiger partial charge in [-0.05, 0) is 44.2 Å². The van der Waals surface area contributed by atoms with Crippen molar-refractivity contribution >= 4 is 22.6 Å². The maximum Gasteiger partial charge on any atom is 0.256 e. The number of rotatable bonds is 6. The van der Waals surface area contributed by atoms with E-state index in [1.54, 1.807) is 67.8 Å². The summed E-state index contributed by atoms with van der Waals surface area (Å²) in [5.41, 5.74) is 2.22. The number of carbonyl (C=O) groups excluding carboxylic acids is 1. The van der Waals surface area contributed by atoms with Gasteiger partial charge in [-0.15, -0.1) is 0 Å². The van der Waals surface area contributed by atoms with E-state index < -0.39 is 0 Å². The summed E-state index contributed by atoms with van der Waals surface area (Å²) in [6, 6.07) is 10.6. The molecule has 0 spiro atoms. The highest BCUT2D eigenvalue weighted by atomic mass is 16.5. The molecule has 154 valence electrons. The second-order valence-corrected chi connectivity index (χ2v) is 6.98. The first-order chi connectivity index (χ1) is 14.5. The van der Waals surface area contributed by atoms with E-state index in [9.17, 15) is 4.79 Å². The number of carbonyl (C=O) groups is 1. The van der Waals surface area contributed by atoms with Gasteiger partial charge in [-0.2, -0.15) is 5.10 Å². The molecular weight excluding hydrogens is 384 g/mol. The number of amides is 1. The van der Waals surface area contributed by atoms with Gasteiger partial charge in [0.1, 0.15) is 5.69 Å². The van der Waals surface area contributed by atoms with Crippen molar-refractivity contribution < 1.29 is 18.7 Å². The van der Waals surface area contributed by atoms with E-state index >= 15 is 0 Å². The number of methoxy groups -OCH3 is 2. The Bertz CT molecular complexity index is 1200. The summed E-state index contributed by atoms with van der Waals surface area (Å²) in [5.74, 6) is 1.40. The van der Waals surface area contributed by atoms with Crippen molar-refractivity contribution in [3.63, 3.8) is 0 Å². The van der Waals surface area contributed by atoms with Crippen LogP contribution in [0.25, 0.3) is 22.5 Å². The van der Waals surface area contributed by atoms with E-state index in [1.165, 1.54) is 0 Å². The summed E-state index contributed by atoms with van der Waals surface area (Å²) in [7, 11) is 3.11. The minimum atomic E-state index is -0.286. The molecule has 4 rings (SSSR count). The van der Waals surface area contributed by atoms with E-state index in [0.717, 1.165) is 0 Å². The topological polar surface area (TPSA) is 91.4 Å². The molecule has 0 radical (unpaired) electrons. The molecule has 3 heterocycles. The maximum atomic E-state index is 13.2. The highest BCUT2D eigenvalue weighted by Gasteiger charge is 2.20. The molecule has 1 aromatic carbocycles. The standard InChI is InChI=1S/C22H22N4O4/c1-13(2)26-21-16(12-23-26)15(11-17(25-21)18-6-5-9-30-18)22(27)24-14-7-8-19(28-3)20(10-14)29-4/h5-13H,1-4H3,(H,24,27). The third kappa shape index (κ3) is 3.47. The minimum Gasteiger partial charge on any atom is -0.493 e. The molecule has 0 fully saturated rings. The number of anilines is 1. The molecule has 4 aromatic rings. The monoisotopic (exact) mass is 406 g/mol. The summed E-state index contributed by atoms with van der Waals surface area (Å²) >= 11 is 0. The number of pyridine rings is 1. The molecule has 8 heteroatoms. The van der Waals surface area contributed by atoms with Crippen LogP contribution in [0.5, 0.6) is 11.5 Å². The maximum absolute atomic E-state index is 13.2. The lowest BCUT2D eigenvalue weighted by Gasteiger charge is -2.12. The molecular formula is C22H22N4O4. The van der Waals surface area contributed by atoms with Gasteiger partial charge in [-0.3, -0.25) is 4.79 Å². The van der Waals surface area contributed by atoms with Gasteiger partial charge in [-0.1, -0.05) is 0 Å². The normalized spacial score (nSPS) is 11.1. The van der Waals surface area contributed by atoms with Crippen molar-refractivity contribution in [3.8, 4) is 23.0 Å². The summed E-state index contributed by atoms with van der Waals surface area (Å²) in [6.07, 6.45) is 3.24. The number of nitrogens with zero attached hydrogens (tertiary/aromatic N) is 3. The molecule has 0 aliphatic carbocycles. The van der Waals surface area contributed by atoms with Crippen molar-refractivity contribution in [2.75, 3.05) is 19.5 Å². The van der Waals surface area contributed by atoms with E-state index in [0.29, 0.717) is 45.2 Å². The summed E-state index contributed by atoms with van der Waals surface area (Å²) in [5, 5.41) is 8.01. The summed E-state index contributed by atoms with van der Waals surface area (Å²) in [4.78, 5) is 17.9. The fraction of sp³-hybridized carbons (Fsp3) is 0.227. The van der Waals surface area contributed by atoms with Crippen LogP contribution in [0.1, 0.15) is 30.2 Å². The smallest absolute Gasteiger partial charge is 0.256 e. The molecule has 30 heavy (non-hydrogen) atoms. The molecule has 0 saturated carbocycles. The Labute approximate surface area is 173 Å². The largest absolute Gasteiger partial charge is 0.493 e. The number of nitrogens with one attached hydrogen (secondary N) is 1. The first-order valence-corrected chi connectivity index (χ1v) is 9.47. The predicted molar refractivity (Wildman–Crippen MR) is 113 cm³/mol. The Morgan fingerprint density at radius 2 is 1.93 bits per heavy atom. The van der Waals surface area contributed by atoms with Gasteiger partial charge < -0.3 is 19.2 Å². The van der Waals surface area contributed by atoms with Gasteiger partial charge >= 0.3 is 0 Å². The zero-order chi connectivity index (χ0) is 21.3. The molecule has 0 aliphatic rings. The van der Waals surface area contributed by atoms with Crippen LogP contribution in [0, 0.1) is 0 Å². The number of benzene rings is 1. The molecule has 0 bridgehead atoms. The van der Waals surface area contributed by atoms with E-state index in [4.69, 9.17) is 13.9 Å². The summed E-state index contributed by atoms with van der Waals surface area (Å²) in [6.45, 7) is 4.02. The average molecular weight is 406 g/mol. The van der Waals surface area contributed by atoms with Crippen LogP contribution in [-0.2, 0) is 0 Å². The van der Waals surface area contributed by atoms with Gasteiger partial charge in [0, 0.05) is 17.8 Å². The van der Waals surface area contributed by atoms with Crippen LogP contribution in [-0.4, -0.2) is 34.9 Å². The quantitative estimate of drug-likeness (QED) is 0.505. The molecule has 0 saturated heterocycles. The minimum absolute atomic E-state index is 0.0867. The van der Waals surface area contributed by atoms with Crippen molar-refractivity contribution in [2.45, 2.75) is 19.9 Å². The fourth-order valence-electron chi connectivity index (χ4n) is 3.25. The van der Waals surface area contributed by atoms with Crippen molar-refractivity contribution in [2.24, 2.45) is 0 Å². The predicted octanol–water partition coefficient (Wildman–Crippen LogP) is 4.54. The average Bonchev–Trinajstić information content (AvgIpc) is 3.42. The fourth-order valence-corrected chi connectivity index (χ4v) is 3.25. The van der Waals surface area contributed by atoms with Crippen molar-refractivity contribution in [3.05, 3.63) is 54.4 Å². The molecule has 8 nitrogen and oxygen atoms in total. The molecule has 0 unspecified atom stereocenters. The van der Waals surface area contributed by atoms with Gasteiger partial charge in [0.25, 0.3) is 5.91 Å². The number of hydrogen-bond acceptors (Lipinski definition) is 6. The molecule has 3 aromatic heterocycles. The Morgan fingerprint density at radius 1 is 1.13 bits per heavy atom. The zero-order valence-electron chi connectivity index (χ0n) is 17.2. The number of ether oxygens (including phenoxy) is 2. The number of furan rings is 1. The molecule has 1 N–H and O–H groups in total. The van der Waals surface area contributed by atoms with Gasteiger partial charge in [-0.25, -0.2) is 9.67 Å². The third-order valence-corrected chi connectivity index (χ3v) is 4.72. The van der Waals surface area contributed by atoms with Crippen molar-refractivity contribution in [1.82, 2.24) is 14.8 Å². The molecule has 1 amide bonds. The van der Waals surface area contributed by atoms with Gasteiger partial charge in [0.15, 0.2) is 22.9 Å². The molecule has 0 aliphatic heterocycles. The summed E-state index contributed by atoms with van der Waals surface area (Å²) < 4.78 is 17.9. The van der Waals surface area contributed by atoms with E-state index in [2.05, 4.69) is 15.4 Å². The van der Waals surface area contributed by atoms with Crippen LogP contribution < -0.4 is 14.8 Å². The Morgan fingerprint density at radius 3 is 2.60 bits per heavy atom. The van der Waals surface area contributed by atoms with E-state index in [1.807, 2.05) is 13.8 Å².